The van der Waals surface area contributed by atoms with Crippen molar-refractivity contribution in [2.24, 2.45) is 16.7 Å². The van der Waals surface area contributed by atoms with Gasteiger partial charge in [0.05, 0.1) is 0 Å². The van der Waals surface area contributed by atoms with Gasteiger partial charge in [0.2, 0.25) is 5.91 Å². The molecular formula is C13H25NO2. The minimum Gasteiger partial charge on any atom is -0.396 e. The van der Waals surface area contributed by atoms with Crippen LogP contribution in [0.3, 0.4) is 0 Å². The van der Waals surface area contributed by atoms with Crippen LogP contribution in [-0.2, 0) is 4.79 Å². The second-order valence-electron chi connectivity index (χ2n) is 6.47. The molecule has 0 aromatic rings. The first-order valence-electron chi connectivity index (χ1n) is 6.17. The van der Waals surface area contributed by atoms with Crippen molar-refractivity contribution in [3.63, 3.8) is 0 Å². The number of amides is 1. The first-order chi connectivity index (χ1) is 7.28. The summed E-state index contributed by atoms with van der Waals surface area (Å²) in [4.78, 5) is 12.0. The quantitative estimate of drug-likeness (QED) is 0.771. The summed E-state index contributed by atoms with van der Waals surface area (Å²) in [5.74, 6) is 0.297. The lowest BCUT2D eigenvalue weighted by Gasteiger charge is -2.28. The lowest BCUT2D eigenvalue weighted by atomic mass is 9.81. The zero-order chi connectivity index (χ0) is 12.4. The molecule has 3 heteroatoms. The predicted octanol–water partition coefficient (Wildman–Crippen LogP) is 1.95. The Morgan fingerprint density at radius 3 is 2.56 bits per heavy atom. The maximum atomic E-state index is 12.0. The van der Waals surface area contributed by atoms with Crippen molar-refractivity contribution in [2.45, 2.75) is 47.0 Å². The van der Waals surface area contributed by atoms with Gasteiger partial charge in [-0.1, -0.05) is 34.1 Å². The van der Waals surface area contributed by atoms with E-state index in [0.717, 1.165) is 19.3 Å². The number of nitrogens with one attached hydrogen (secondary N) is 1. The van der Waals surface area contributed by atoms with Gasteiger partial charge in [0.1, 0.15) is 0 Å². The minimum absolute atomic E-state index is 0.0986. The van der Waals surface area contributed by atoms with E-state index >= 15 is 0 Å². The average Bonchev–Trinajstić information content (AvgIpc) is 2.55. The van der Waals surface area contributed by atoms with Gasteiger partial charge in [-0.2, -0.15) is 0 Å². The van der Waals surface area contributed by atoms with Crippen molar-refractivity contribution in [1.29, 1.82) is 0 Å². The van der Waals surface area contributed by atoms with Crippen LogP contribution in [0, 0.1) is 16.7 Å². The van der Waals surface area contributed by atoms with Crippen LogP contribution in [0.4, 0.5) is 0 Å². The highest BCUT2D eigenvalue weighted by molar-refractivity contribution is 5.79. The van der Waals surface area contributed by atoms with E-state index < -0.39 is 0 Å². The van der Waals surface area contributed by atoms with Gasteiger partial charge in [-0.05, 0) is 18.3 Å². The molecule has 0 saturated heterocycles. The Morgan fingerprint density at radius 2 is 2.12 bits per heavy atom. The molecule has 1 atom stereocenters. The third kappa shape index (κ3) is 3.21. The van der Waals surface area contributed by atoms with Gasteiger partial charge < -0.3 is 10.4 Å². The summed E-state index contributed by atoms with van der Waals surface area (Å²) in [5.41, 5.74) is -0.0914. The zero-order valence-corrected chi connectivity index (χ0v) is 11.0. The summed E-state index contributed by atoms with van der Waals surface area (Å²) in [6.07, 6.45) is 3.28. The first-order valence-corrected chi connectivity index (χ1v) is 6.17. The Hall–Kier alpha value is -0.570. The summed E-state index contributed by atoms with van der Waals surface area (Å²) in [6, 6.07) is 0. The largest absolute Gasteiger partial charge is 0.396 e. The van der Waals surface area contributed by atoms with Crippen molar-refractivity contribution in [3.05, 3.63) is 0 Å². The van der Waals surface area contributed by atoms with Gasteiger partial charge in [0, 0.05) is 24.5 Å². The Balaban J connectivity index is 2.47. The molecule has 2 N–H and O–H groups in total. The van der Waals surface area contributed by atoms with E-state index in [2.05, 4.69) is 19.2 Å². The van der Waals surface area contributed by atoms with E-state index in [-0.39, 0.29) is 29.3 Å². The molecule has 1 rings (SSSR count). The third-order valence-electron chi connectivity index (χ3n) is 3.74. The molecule has 94 valence electrons. The topological polar surface area (TPSA) is 49.3 Å². The SMILES string of the molecule is CC(C)(CO)CNC(=O)C1CCCC1(C)C. The number of hydrogen-bond donors (Lipinski definition) is 2. The second-order valence-corrected chi connectivity index (χ2v) is 6.47. The molecule has 1 saturated carbocycles. The van der Waals surface area contributed by atoms with E-state index in [1.54, 1.807) is 0 Å². The van der Waals surface area contributed by atoms with Crippen LogP contribution in [0.25, 0.3) is 0 Å². The summed E-state index contributed by atoms with van der Waals surface area (Å²) >= 11 is 0. The molecule has 0 heterocycles. The molecule has 0 aromatic carbocycles. The number of carbonyl (C=O) groups is 1. The molecule has 1 amide bonds. The van der Waals surface area contributed by atoms with Crippen molar-refractivity contribution in [3.8, 4) is 0 Å². The fraction of sp³-hybridized carbons (Fsp3) is 0.923. The van der Waals surface area contributed by atoms with Crippen molar-refractivity contribution < 1.29 is 9.90 Å². The molecule has 0 spiro atoms. The molecule has 0 aliphatic heterocycles. The van der Waals surface area contributed by atoms with E-state index in [1.165, 1.54) is 0 Å². The molecule has 1 unspecified atom stereocenters. The monoisotopic (exact) mass is 227 g/mol. The standard InChI is InChI=1S/C13H25NO2/c1-12(2,9-15)8-14-11(16)10-6-5-7-13(10,3)4/h10,15H,5-9H2,1-4H3,(H,14,16). The Morgan fingerprint density at radius 1 is 1.50 bits per heavy atom. The van der Waals surface area contributed by atoms with Gasteiger partial charge >= 0.3 is 0 Å². The molecule has 1 fully saturated rings. The first kappa shape index (κ1) is 13.5. The fourth-order valence-corrected chi connectivity index (χ4v) is 2.32. The van der Waals surface area contributed by atoms with Gasteiger partial charge in [-0.3, -0.25) is 4.79 Å². The maximum absolute atomic E-state index is 12.0. The van der Waals surface area contributed by atoms with Gasteiger partial charge in [0.25, 0.3) is 0 Å². The number of aliphatic hydroxyl groups is 1. The lowest BCUT2D eigenvalue weighted by molar-refractivity contribution is -0.128. The summed E-state index contributed by atoms with van der Waals surface area (Å²) < 4.78 is 0. The highest BCUT2D eigenvalue weighted by Gasteiger charge is 2.39. The smallest absolute Gasteiger partial charge is 0.223 e. The Kier molecular flexibility index (Phi) is 4.00. The molecule has 0 bridgehead atoms. The van der Waals surface area contributed by atoms with Crippen molar-refractivity contribution >= 4 is 5.91 Å². The summed E-state index contributed by atoms with van der Waals surface area (Å²) in [6.45, 7) is 8.89. The van der Waals surface area contributed by atoms with Gasteiger partial charge in [0.15, 0.2) is 0 Å². The van der Waals surface area contributed by atoms with Crippen LogP contribution in [-0.4, -0.2) is 24.2 Å². The Bertz CT molecular complexity index is 259. The van der Waals surface area contributed by atoms with Crippen LogP contribution in [0.15, 0.2) is 0 Å². The molecular weight excluding hydrogens is 202 g/mol. The van der Waals surface area contributed by atoms with Crippen molar-refractivity contribution in [2.75, 3.05) is 13.2 Å². The molecule has 1 aliphatic carbocycles. The summed E-state index contributed by atoms with van der Waals surface area (Å²) in [7, 11) is 0. The Labute approximate surface area is 98.6 Å². The zero-order valence-electron chi connectivity index (χ0n) is 11.0. The summed E-state index contributed by atoms with van der Waals surface area (Å²) in [5, 5.41) is 12.1. The van der Waals surface area contributed by atoms with Crippen LogP contribution in [0.1, 0.15) is 47.0 Å². The molecule has 1 aliphatic rings. The fourth-order valence-electron chi connectivity index (χ4n) is 2.32. The average molecular weight is 227 g/mol. The van der Waals surface area contributed by atoms with Crippen molar-refractivity contribution in [1.82, 2.24) is 5.32 Å². The highest BCUT2D eigenvalue weighted by Crippen LogP contribution is 2.42. The van der Waals surface area contributed by atoms with E-state index in [1.807, 2.05) is 13.8 Å². The van der Waals surface area contributed by atoms with Crippen LogP contribution in [0.2, 0.25) is 0 Å². The van der Waals surface area contributed by atoms with E-state index in [9.17, 15) is 4.79 Å². The van der Waals surface area contributed by atoms with Crippen LogP contribution < -0.4 is 5.32 Å². The number of aliphatic hydroxyl groups excluding tert-OH is 1. The molecule has 16 heavy (non-hydrogen) atoms. The van der Waals surface area contributed by atoms with Gasteiger partial charge in [-0.25, -0.2) is 0 Å². The van der Waals surface area contributed by atoms with Crippen LogP contribution in [0.5, 0.6) is 0 Å². The van der Waals surface area contributed by atoms with Crippen LogP contribution >= 0.6 is 0 Å². The molecule has 0 radical (unpaired) electrons. The van der Waals surface area contributed by atoms with E-state index in [0.29, 0.717) is 6.54 Å². The highest BCUT2D eigenvalue weighted by atomic mass is 16.3. The lowest BCUT2D eigenvalue weighted by Crippen LogP contribution is -2.41. The molecule has 3 nitrogen and oxygen atoms in total. The van der Waals surface area contributed by atoms with E-state index in [4.69, 9.17) is 5.11 Å². The number of carbonyl (C=O) groups excluding carboxylic acids is 1. The predicted molar refractivity (Wildman–Crippen MR) is 65.0 cm³/mol. The second kappa shape index (κ2) is 4.74. The normalized spacial score (nSPS) is 24.4. The number of hydrogen-bond acceptors (Lipinski definition) is 2. The maximum Gasteiger partial charge on any atom is 0.223 e. The number of rotatable bonds is 4. The molecule has 0 aromatic heterocycles. The third-order valence-corrected chi connectivity index (χ3v) is 3.74. The minimum atomic E-state index is -0.224. The van der Waals surface area contributed by atoms with Gasteiger partial charge in [-0.15, -0.1) is 0 Å².